The van der Waals surface area contributed by atoms with Gasteiger partial charge < -0.3 is 88.0 Å². The molecule has 3 aromatic rings. The maximum absolute atomic E-state index is 17.3. The van der Waals surface area contributed by atoms with E-state index in [-0.39, 0.29) is 76.3 Å². The molecule has 0 fully saturated rings. The summed E-state index contributed by atoms with van der Waals surface area (Å²) >= 11 is 0. The van der Waals surface area contributed by atoms with E-state index >= 15 is 8.63 Å². The van der Waals surface area contributed by atoms with Crippen LogP contribution in [0.5, 0.6) is 5.75 Å². The number of allylic oxidation sites excluding steroid dienone is 3. The predicted octanol–water partition coefficient (Wildman–Crippen LogP) is 0.333. The molecular weight excluding hydrogens is 941 g/mol. The van der Waals surface area contributed by atoms with Crippen molar-refractivity contribution in [2.45, 2.75) is 20.8 Å². The predicted molar refractivity (Wildman–Crippen MR) is 268 cm³/mol. The van der Waals surface area contributed by atoms with Crippen LogP contribution in [0.1, 0.15) is 35.0 Å². The van der Waals surface area contributed by atoms with Gasteiger partial charge in [0.1, 0.15) is 12.4 Å². The molecule has 20 nitrogen and oxygen atoms in total. The second-order valence-corrected chi connectivity index (χ2v) is 16.8. The number of benzene rings is 2. The number of nitrogens with zero attached hydrogens (tertiary/aromatic N) is 4. The summed E-state index contributed by atoms with van der Waals surface area (Å²) in [7, 11) is 1.60. The van der Waals surface area contributed by atoms with Crippen molar-refractivity contribution in [1.82, 2.24) is 25.7 Å². The molecule has 2 aliphatic rings. The minimum atomic E-state index is -4.46. The average molecular weight is 1010 g/mol. The van der Waals surface area contributed by atoms with Crippen LogP contribution in [0.25, 0.3) is 11.6 Å². The summed E-state index contributed by atoms with van der Waals surface area (Å²) in [4.78, 5) is 55.6. The Bertz CT molecular complexity index is 2440. The van der Waals surface area contributed by atoms with Gasteiger partial charge in [-0.25, -0.2) is 0 Å². The van der Waals surface area contributed by atoms with Crippen molar-refractivity contribution in [3.63, 3.8) is 0 Å². The Morgan fingerprint density at radius 3 is 1.68 bits per heavy atom. The van der Waals surface area contributed by atoms with E-state index < -0.39 is 56.8 Å². The van der Waals surface area contributed by atoms with Crippen LogP contribution in [-0.4, -0.2) is 191 Å². The van der Waals surface area contributed by atoms with E-state index in [9.17, 15) is 39.6 Å². The summed E-state index contributed by atoms with van der Waals surface area (Å²) in [6.07, 6.45) is 4.81. The molecule has 0 saturated heterocycles. The number of hydrogen-bond acceptors (Lipinski definition) is 14. The summed E-state index contributed by atoms with van der Waals surface area (Å²) < 4.78 is 58.6. The molecule has 2 aromatic carbocycles. The molecule has 392 valence electrons. The number of aliphatic hydroxyl groups excluding tert-OH is 4. The molecule has 0 radical (unpaired) electrons. The Labute approximate surface area is 417 Å². The largest absolute Gasteiger partial charge is 0.737 e. The molecule has 0 aliphatic carbocycles. The maximum atomic E-state index is 17.3. The van der Waals surface area contributed by atoms with Crippen molar-refractivity contribution in [3.05, 3.63) is 100 Å². The van der Waals surface area contributed by atoms with E-state index in [2.05, 4.69) is 21.3 Å². The SMILES string of the molecule is COCCOCCOCCOc1ccc(C2=C3C(C)=CC(/C=C/c4ccc(N(CC(=O)NCCO)CC(=O)NCCO)c(N(CC(=O)NCCO)CC(=O)NCCO)c4)=[N+]3[B-](F)(F)n3c(C)cc(C)c32)cc1. The minimum absolute atomic E-state index is 0.0824. The molecule has 3 heterocycles. The third kappa shape index (κ3) is 15.0. The molecule has 23 heteroatoms. The van der Waals surface area contributed by atoms with E-state index in [0.29, 0.717) is 83.7 Å². The number of fused-ring (bicyclic) bond motifs is 2. The van der Waals surface area contributed by atoms with Crippen LogP contribution in [0, 0.1) is 13.8 Å². The molecule has 0 saturated carbocycles. The Morgan fingerprint density at radius 1 is 0.667 bits per heavy atom. The number of hydrogen-bond donors (Lipinski definition) is 8. The Kier molecular flexibility index (Phi) is 21.9. The van der Waals surface area contributed by atoms with Crippen LogP contribution in [0.15, 0.2) is 72.0 Å². The molecule has 0 unspecified atom stereocenters. The highest BCUT2D eigenvalue weighted by molar-refractivity contribution is 6.58. The van der Waals surface area contributed by atoms with Crippen molar-refractivity contribution in [3.8, 4) is 5.75 Å². The molecule has 72 heavy (non-hydrogen) atoms. The van der Waals surface area contributed by atoms with Gasteiger partial charge in [0.2, 0.25) is 23.6 Å². The lowest BCUT2D eigenvalue weighted by atomic mass is 9.84. The monoisotopic (exact) mass is 1010 g/mol. The third-order valence-corrected chi connectivity index (χ3v) is 11.4. The van der Waals surface area contributed by atoms with Crippen LogP contribution in [0.3, 0.4) is 0 Å². The zero-order valence-electron chi connectivity index (χ0n) is 41.3. The van der Waals surface area contributed by atoms with Gasteiger partial charge in [-0.05, 0) is 79.6 Å². The number of methoxy groups -OCH3 is 1. The fraction of sp³-hybridized carbons (Fsp3) is 0.449. The summed E-state index contributed by atoms with van der Waals surface area (Å²) in [5.74, 6) is -1.77. The van der Waals surface area contributed by atoms with Gasteiger partial charge in [0, 0.05) is 56.7 Å². The van der Waals surface area contributed by atoms with Crippen molar-refractivity contribution in [2.24, 2.45) is 0 Å². The van der Waals surface area contributed by atoms with Crippen molar-refractivity contribution in [1.29, 1.82) is 0 Å². The zero-order chi connectivity index (χ0) is 52.2. The van der Waals surface area contributed by atoms with Gasteiger partial charge in [0.15, 0.2) is 11.4 Å². The number of rotatable bonds is 31. The molecule has 5 rings (SSSR count). The number of anilines is 2. The molecule has 0 spiro atoms. The molecular formula is C49H67BF2N8O12. The topological polar surface area (TPSA) is 249 Å². The number of carbonyl (C=O) groups is 4. The first-order chi connectivity index (χ1) is 34.7. The van der Waals surface area contributed by atoms with E-state index in [4.69, 9.17) is 18.9 Å². The number of aromatic nitrogens is 1. The number of nitrogens with one attached hydrogen (secondary N) is 4. The number of halogens is 2. The van der Waals surface area contributed by atoms with Gasteiger partial charge in [-0.2, -0.15) is 0 Å². The quantitative estimate of drug-likeness (QED) is 0.0320. The second kappa shape index (κ2) is 28.0. The number of carbonyl (C=O) groups excluding carboxylic acids is 4. The van der Waals surface area contributed by atoms with Crippen LogP contribution >= 0.6 is 0 Å². The van der Waals surface area contributed by atoms with E-state index in [1.165, 1.54) is 9.80 Å². The average Bonchev–Trinajstić information content (AvgIpc) is 3.87. The van der Waals surface area contributed by atoms with Gasteiger partial charge in [-0.3, -0.25) is 19.2 Å². The zero-order valence-corrected chi connectivity index (χ0v) is 41.3. The van der Waals surface area contributed by atoms with Gasteiger partial charge >= 0.3 is 6.97 Å². The molecule has 4 amide bonds. The molecule has 2 aliphatic heterocycles. The fourth-order valence-corrected chi connectivity index (χ4v) is 8.39. The summed E-state index contributed by atoms with van der Waals surface area (Å²) in [6, 6.07) is 13.7. The summed E-state index contributed by atoms with van der Waals surface area (Å²) in [5, 5.41) is 47.8. The third-order valence-electron chi connectivity index (χ3n) is 11.4. The smallest absolute Gasteiger partial charge is 0.491 e. The van der Waals surface area contributed by atoms with Crippen molar-refractivity contribution in [2.75, 3.05) is 135 Å². The highest BCUT2D eigenvalue weighted by Crippen LogP contribution is 2.44. The van der Waals surface area contributed by atoms with Gasteiger partial charge in [0.05, 0.1) is 103 Å². The van der Waals surface area contributed by atoms with Crippen molar-refractivity contribution >= 4 is 59.3 Å². The normalized spacial score (nSPS) is 13.7. The lowest BCUT2D eigenvalue weighted by molar-refractivity contribution is -0.362. The molecule has 1 aromatic heterocycles. The highest BCUT2D eigenvalue weighted by Gasteiger charge is 2.55. The highest BCUT2D eigenvalue weighted by atomic mass is 19.2. The van der Waals surface area contributed by atoms with Gasteiger partial charge in [-0.15, -0.1) is 0 Å². The van der Waals surface area contributed by atoms with Gasteiger partial charge in [0.25, 0.3) is 0 Å². The maximum Gasteiger partial charge on any atom is 0.737 e. The first kappa shape index (κ1) is 56.4. The number of amides is 4. The van der Waals surface area contributed by atoms with Crippen LogP contribution in [0.2, 0.25) is 0 Å². The van der Waals surface area contributed by atoms with E-state index in [1.54, 1.807) is 82.5 Å². The van der Waals surface area contributed by atoms with E-state index in [1.807, 2.05) is 12.1 Å². The summed E-state index contributed by atoms with van der Waals surface area (Å²) in [6.45, 7) is -0.408. The number of aryl methyl sites for hydroxylation is 2. The minimum Gasteiger partial charge on any atom is -0.491 e. The van der Waals surface area contributed by atoms with Gasteiger partial charge in [-0.1, -0.05) is 18.2 Å². The second-order valence-electron chi connectivity index (χ2n) is 16.8. The Morgan fingerprint density at radius 2 is 1.17 bits per heavy atom. The molecule has 0 atom stereocenters. The lowest BCUT2D eigenvalue weighted by Crippen LogP contribution is -2.51. The molecule has 0 bridgehead atoms. The first-order valence-corrected chi connectivity index (χ1v) is 23.7. The number of aliphatic hydroxyl groups is 4. The number of ether oxygens (including phenoxy) is 4. The first-order valence-electron chi connectivity index (χ1n) is 23.7. The standard InChI is InChI=1S/C49H67BF2N8O12/c1-34-27-36(3)59-48(34)47(38-7-10-40(11-8-38)72-26-25-71-24-23-70-22-21-69-4)49-35(2)28-39(60(49)50(59,51)52)9-5-37-6-12-41(57(30-43(65)53-13-17-61)31-44(66)54-14-18-62)42(29-37)58(32-45(67)55-15-19-63)33-46(68)56-16-20-64/h5-12,27-29,61-64H,13-26,30-33H2,1-4H3,(H,53,65)(H,54,66)(H,55,67)(H,56,68)/b9-5+. The van der Waals surface area contributed by atoms with Crippen LogP contribution in [-0.2, 0) is 33.4 Å². The summed E-state index contributed by atoms with van der Waals surface area (Å²) in [5.41, 5.74) is 4.58. The molecule has 8 N–H and O–H groups in total. The van der Waals surface area contributed by atoms with Crippen LogP contribution < -0.4 is 35.8 Å². The Hall–Kier alpha value is -6.47. The Balaban J connectivity index is 1.59. The van der Waals surface area contributed by atoms with Crippen molar-refractivity contribution < 1.29 is 71.7 Å². The van der Waals surface area contributed by atoms with E-state index in [0.717, 1.165) is 8.96 Å². The lowest BCUT2D eigenvalue weighted by Gasteiger charge is -2.34. The fourth-order valence-electron chi connectivity index (χ4n) is 8.39. The van der Waals surface area contributed by atoms with Crippen LogP contribution in [0.4, 0.5) is 20.0 Å².